The average Bonchev–Trinajstić information content (AvgIpc) is 2.91. The summed E-state index contributed by atoms with van der Waals surface area (Å²) < 4.78 is 0. The summed E-state index contributed by atoms with van der Waals surface area (Å²) in [6.07, 6.45) is 4.13. The molecular weight excluding hydrogens is 338 g/mol. The molecule has 0 aromatic carbocycles. The van der Waals surface area contributed by atoms with Gasteiger partial charge in [-0.05, 0) is 43.6 Å². The van der Waals surface area contributed by atoms with E-state index in [4.69, 9.17) is 5.73 Å². The van der Waals surface area contributed by atoms with Crippen LogP contribution in [-0.4, -0.2) is 35.7 Å². The summed E-state index contributed by atoms with van der Waals surface area (Å²) in [4.78, 5) is 38.9. The number of amides is 3. The summed E-state index contributed by atoms with van der Waals surface area (Å²) in [7, 11) is 0. The van der Waals surface area contributed by atoms with Gasteiger partial charge in [-0.3, -0.25) is 14.4 Å². The summed E-state index contributed by atoms with van der Waals surface area (Å²) in [6, 6.07) is 0. The van der Waals surface area contributed by atoms with Crippen molar-refractivity contribution in [3.63, 3.8) is 0 Å². The highest BCUT2D eigenvalue weighted by Crippen LogP contribution is 2.39. The van der Waals surface area contributed by atoms with Crippen LogP contribution in [0.15, 0.2) is 0 Å². The van der Waals surface area contributed by atoms with Crippen LogP contribution in [0, 0.1) is 11.8 Å². The topological polar surface area (TPSA) is 92.5 Å². The van der Waals surface area contributed by atoms with Gasteiger partial charge in [-0.1, -0.05) is 6.92 Å². The summed E-state index contributed by atoms with van der Waals surface area (Å²) in [5, 5.41) is 3.56. The number of piperidine rings is 1. The van der Waals surface area contributed by atoms with E-state index in [1.165, 1.54) is 16.2 Å². The van der Waals surface area contributed by atoms with E-state index in [9.17, 15) is 14.4 Å². The minimum Gasteiger partial charge on any atom is -0.365 e. The Balaban J connectivity index is 1.73. The third kappa shape index (κ3) is 3.71. The number of carbonyl (C=O) groups is 3. The molecule has 2 aliphatic rings. The maximum absolute atomic E-state index is 12.6. The van der Waals surface area contributed by atoms with Gasteiger partial charge in [0.15, 0.2) is 0 Å². The Morgan fingerprint density at radius 2 is 1.88 bits per heavy atom. The van der Waals surface area contributed by atoms with Crippen LogP contribution in [0.5, 0.6) is 0 Å². The second kappa shape index (κ2) is 7.15. The molecule has 25 heavy (non-hydrogen) atoms. The zero-order valence-corrected chi connectivity index (χ0v) is 15.6. The highest BCUT2D eigenvalue weighted by Gasteiger charge is 2.30. The number of nitrogens with one attached hydrogen (secondary N) is 1. The number of likely N-dealkylation sites (tertiary alicyclic amines) is 1. The molecule has 0 saturated carbocycles. The molecule has 1 saturated heterocycles. The highest BCUT2D eigenvalue weighted by atomic mass is 32.1. The summed E-state index contributed by atoms with van der Waals surface area (Å²) in [6.45, 7) is 4.97. The Morgan fingerprint density at radius 3 is 2.48 bits per heavy atom. The van der Waals surface area contributed by atoms with Gasteiger partial charge in [0, 0.05) is 30.8 Å². The number of hydrogen-bond donors (Lipinski definition) is 2. The smallest absolute Gasteiger partial charge is 0.251 e. The third-order valence-corrected chi connectivity index (χ3v) is 6.48. The lowest BCUT2D eigenvalue weighted by Gasteiger charge is -2.30. The number of primary amides is 1. The second-order valence-corrected chi connectivity index (χ2v) is 8.29. The van der Waals surface area contributed by atoms with Crippen molar-refractivity contribution in [1.29, 1.82) is 0 Å². The quantitative estimate of drug-likeness (QED) is 0.862. The number of thiophene rings is 1. The van der Waals surface area contributed by atoms with Gasteiger partial charge in [0.25, 0.3) is 5.91 Å². The molecule has 136 valence electrons. The maximum Gasteiger partial charge on any atom is 0.251 e. The van der Waals surface area contributed by atoms with E-state index in [0.29, 0.717) is 42.4 Å². The Bertz CT molecular complexity index is 705. The second-order valence-electron chi connectivity index (χ2n) is 7.19. The minimum atomic E-state index is -0.464. The Hall–Kier alpha value is -1.89. The van der Waals surface area contributed by atoms with Crippen molar-refractivity contribution in [3.8, 4) is 0 Å². The third-order valence-electron chi connectivity index (χ3n) is 5.31. The lowest BCUT2D eigenvalue weighted by atomic mass is 9.88. The molecule has 1 aromatic heterocycles. The molecule has 3 rings (SSSR count). The van der Waals surface area contributed by atoms with Crippen molar-refractivity contribution in [2.45, 2.75) is 46.0 Å². The van der Waals surface area contributed by atoms with Crippen LogP contribution < -0.4 is 11.1 Å². The Kier molecular flexibility index (Phi) is 5.13. The first-order valence-corrected chi connectivity index (χ1v) is 9.69. The monoisotopic (exact) mass is 363 g/mol. The molecule has 1 aliphatic carbocycles. The zero-order valence-electron chi connectivity index (χ0n) is 14.8. The molecule has 3 N–H and O–H groups in total. The van der Waals surface area contributed by atoms with Gasteiger partial charge >= 0.3 is 0 Å². The molecule has 6 nitrogen and oxygen atoms in total. The van der Waals surface area contributed by atoms with E-state index in [1.54, 1.807) is 11.8 Å². The van der Waals surface area contributed by atoms with Crippen LogP contribution in [0.1, 0.15) is 53.9 Å². The molecule has 2 heterocycles. The molecule has 3 amide bonds. The van der Waals surface area contributed by atoms with E-state index >= 15 is 0 Å². The molecule has 1 aromatic rings. The van der Waals surface area contributed by atoms with Gasteiger partial charge in [0.2, 0.25) is 11.8 Å². The van der Waals surface area contributed by atoms with Crippen molar-refractivity contribution in [3.05, 3.63) is 16.0 Å². The Labute approximate surface area is 151 Å². The molecule has 0 radical (unpaired) electrons. The van der Waals surface area contributed by atoms with Gasteiger partial charge in [0.1, 0.15) is 5.00 Å². The van der Waals surface area contributed by atoms with E-state index in [1.807, 2.05) is 0 Å². The van der Waals surface area contributed by atoms with Crippen LogP contribution in [0.3, 0.4) is 0 Å². The number of hydrogen-bond acceptors (Lipinski definition) is 4. The number of rotatable bonds is 3. The van der Waals surface area contributed by atoms with Crippen LogP contribution in [-0.2, 0) is 22.4 Å². The lowest BCUT2D eigenvalue weighted by Crippen LogP contribution is -2.40. The molecule has 0 unspecified atom stereocenters. The van der Waals surface area contributed by atoms with Crippen molar-refractivity contribution >= 4 is 34.1 Å². The van der Waals surface area contributed by atoms with E-state index in [0.717, 1.165) is 24.8 Å². The number of nitrogens with two attached hydrogens (primary N) is 1. The molecule has 1 atom stereocenters. The van der Waals surface area contributed by atoms with E-state index in [2.05, 4.69) is 12.2 Å². The van der Waals surface area contributed by atoms with Gasteiger partial charge in [0.05, 0.1) is 5.56 Å². The minimum absolute atomic E-state index is 0.0509. The van der Waals surface area contributed by atoms with Crippen LogP contribution in [0.4, 0.5) is 5.00 Å². The molecule has 7 heteroatoms. The van der Waals surface area contributed by atoms with Crippen LogP contribution in [0.2, 0.25) is 0 Å². The van der Waals surface area contributed by atoms with Gasteiger partial charge in [-0.2, -0.15) is 0 Å². The first-order chi connectivity index (χ1) is 11.9. The number of fused-ring (bicyclic) bond motifs is 1. The normalized spacial score (nSPS) is 20.9. The van der Waals surface area contributed by atoms with E-state index < -0.39 is 5.91 Å². The predicted molar refractivity (Wildman–Crippen MR) is 97.6 cm³/mol. The van der Waals surface area contributed by atoms with Gasteiger partial charge in [-0.25, -0.2) is 0 Å². The number of nitrogens with zero attached hydrogens (tertiary/aromatic N) is 1. The van der Waals surface area contributed by atoms with Crippen molar-refractivity contribution in [1.82, 2.24) is 4.90 Å². The zero-order chi connectivity index (χ0) is 18.1. The Morgan fingerprint density at radius 1 is 1.20 bits per heavy atom. The standard InChI is InChI=1S/C18H25N3O3S/c1-10-3-4-13-14(9-10)25-18(15(13)16(19)23)20-17(24)12-5-7-21(8-6-12)11(2)22/h10,12H,3-9H2,1-2H3,(H2,19,23)(H,20,24)/t10-/m1/s1. The summed E-state index contributed by atoms with van der Waals surface area (Å²) >= 11 is 1.49. The fraction of sp³-hybridized carbons (Fsp3) is 0.611. The van der Waals surface area contributed by atoms with Crippen molar-refractivity contribution in [2.75, 3.05) is 18.4 Å². The van der Waals surface area contributed by atoms with Gasteiger partial charge < -0.3 is 16.0 Å². The first kappa shape index (κ1) is 17.9. The summed E-state index contributed by atoms with van der Waals surface area (Å²) in [5.74, 6) is -0.0262. The lowest BCUT2D eigenvalue weighted by molar-refractivity contribution is -0.132. The van der Waals surface area contributed by atoms with Gasteiger partial charge in [-0.15, -0.1) is 11.3 Å². The molecule has 0 spiro atoms. The number of carbonyl (C=O) groups excluding carboxylic acids is 3. The fourth-order valence-corrected chi connectivity index (χ4v) is 5.19. The molecule has 1 aliphatic heterocycles. The van der Waals surface area contributed by atoms with Crippen LogP contribution in [0.25, 0.3) is 0 Å². The predicted octanol–water partition coefficient (Wildman–Crippen LogP) is 2.17. The molecule has 1 fully saturated rings. The van der Waals surface area contributed by atoms with E-state index in [-0.39, 0.29) is 17.7 Å². The van der Waals surface area contributed by atoms with Crippen molar-refractivity contribution in [2.24, 2.45) is 17.6 Å². The fourth-order valence-electron chi connectivity index (χ4n) is 3.77. The maximum atomic E-state index is 12.6. The SMILES string of the molecule is CC(=O)N1CCC(C(=O)Nc2sc3c(c2C(N)=O)CC[C@@H](C)C3)CC1. The average molecular weight is 363 g/mol. The summed E-state index contributed by atoms with van der Waals surface area (Å²) in [5.41, 5.74) is 7.12. The number of anilines is 1. The van der Waals surface area contributed by atoms with Crippen LogP contribution >= 0.6 is 11.3 Å². The molecular formula is C18H25N3O3S. The molecule has 0 bridgehead atoms. The van der Waals surface area contributed by atoms with Crippen molar-refractivity contribution < 1.29 is 14.4 Å². The largest absolute Gasteiger partial charge is 0.365 e. The highest BCUT2D eigenvalue weighted by molar-refractivity contribution is 7.17. The first-order valence-electron chi connectivity index (χ1n) is 8.87.